The number of hydrogen-bond acceptors (Lipinski definition) is 3. The minimum absolute atomic E-state index is 0.0826. The van der Waals surface area contributed by atoms with Crippen LogP contribution in [0, 0.1) is 0 Å². The molecule has 0 bridgehead atoms. The molecule has 14 heavy (non-hydrogen) atoms. The molecule has 4 heteroatoms. The van der Waals surface area contributed by atoms with Gasteiger partial charge in [0.1, 0.15) is 0 Å². The molecule has 0 spiro atoms. The fraction of sp³-hybridized carbons (Fsp3) is 0.500. The number of carbonyl (C=O) groups is 1. The van der Waals surface area contributed by atoms with Crippen LogP contribution < -0.4 is 5.32 Å². The Morgan fingerprint density at radius 3 is 2.93 bits per heavy atom. The van der Waals surface area contributed by atoms with Crippen molar-refractivity contribution in [2.45, 2.75) is 0 Å². The highest BCUT2D eigenvalue weighted by Crippen LogP contribution is 1.85. The van der Waals surface area contributed by atoms with Gasteiger partial charge < -0.3 is 10.1 Å². The lowest BCUT2D eigenvalue weighted by Gasteiger charge is -2.13. The molecule has 0 heterocycles. The third-order valence-corrected chi connectivity index (χ3v) is 1.64. The summed E-state index contributed by atoms with van der Waals surface area (Å²) in [7, 11) is 3.56. The predicted octanol–water partition coefficient (Wildman–Crippen LogP) is 0.380. The van der Waals surface area contributed by atoms with E-state index in [1.807, 2.05) is 18.0 Å². The molecule has 80 valence electrons. The predicted molar refractivity (Wildman–Crippen MR) is 56.9 cm³/mol. The normalized spacial score (nSPS) is 10.5. The van der Waals surface area contributed by atoms with E-state index >= 15 is 0 Å². The van der Waals surface area contributed by atoms with Gasteiger partial charge in [-0.1, -0.05) is 12.7 Å². The van der Waals surface area contributed by atoms with E-state index in [4.69, 9.17) is 4.74 Å². The van der Waals surface area contributed by atoms with Gasteiger partial charge in [0.2, 0.25) is 5.91 Å². The van der Waals surface area contributed by atoms with Crippen molar-refractivity contribution in [1.82, 2.24) is 10.2 Å². The van der Waals surface area contributed by atoms with Crippen LogP contribution in [0.3, 0.4) is 0 Å². The zero-order valence-electron chi connectivity index (χ0n) is 8.82. The lowest BCUT2D eigenvalue weighted by atomic mass is 10.4. The third kappa shape index (κ3) is 7.36. The van der Waals surface area contributed by atoms with Gasteiger partial charge in [0.05, 0.1) is 12.9 Å². The van der Waals surface area contributed by atoms with Crippen LogP contribution in [0.15, 0.2) is 25.0 Å². The molecular weight excluding hydrogens is 180 g/mol. The summed E-state index contributed by atoms with van der Waals surface area (Å²) in [5.41, 5.74) is 0. The molecule has 0 aliphatic rings. The van der Waals surface area contributed by atoms with E-state index in [0.717, 1.165) is 13.1 Å². The molecule has 4 nitrogen and oxygen atoms in total. The maximum absolute atomic E-state index is 10.8. The van der Waals surface area contributed by atoms with Crippen LogP contribution in [0.5, 0.6) is 0 Å². The lowest BCUT2D eigenvalue weighted by molar-refractivity contribution is -0.116. The van der Waals surface area contributed by atoms with Gasteiger partial charge in [-0.15, -0.1) is 0 Å². The summed E-state index contributed by atoms with van der Waals surface area (Å²) in [6, 6.07) is 0. The number of nitrogens with zero attached hydrogens (tertiary/aromatic N) is 1. The Bertz CT molecular complexity index is 202. The first-order chi connectivity index (χ1) is 6.70. The van der Waals surface area contributed by atoms with E-state index in [2.05, 4.69) is 11.9 Å². The van der Waals surface area contributed by atoms with E-state index in [0.29, 0.717) is 6.61 Å². The molecule has 0 radical (unpaired) electrons. The highest BCUT2D eigenvalue weighted by Gasteiger charge is 1.94. The lowest BCUT2D eigenvalue weighted by Crippen LogP contribution is -2.23. The summed E-state index contributed by atoms with van der Waals surface area (Å²) in [5, 5.41) is 2.51. The number of nitrogens with one attached hydrogen (secondary N) is 1. The maximum Gasteiger partial charge on any atom is 0.243 e. The second-order valence-electron chi connectivity index (χ2n) is 2.82. The molecule has 0 saturated heterocycles. The fourth-order valence-electron chi connectivity index (χ4n) is 0.806. The highest BCUT2D eigenvalue weighted by molar-refractivity contribution is 5.87. The number of rotatable bonds is 7. The quantitative estimate of drug-likeness (QED) is 0.365. The number of carbonyl (C=O) groups excluding carboxylic acids is 1. The molecule has 0 aromatic heterocycles. The summed E-state index contributed by atoms with van der Waals surface area (Å²) in [6.45, 7) is 5.60. The summed E-state index contributed by atoms with van der Waals surface area (Å²) in [4.78, 5) is 12.8. The largest absolute Gasteiger partial charge is 0.500 e. The van der Waals surface area contributed by atoms with E-state index < -0.39 is 0 Å². The molecule has 0 aliphatic carbocycles. The van der Waals surface area contributed by atoms with Crippen LogP contribution >= 0.6 is 0 Å². The first-order valence-electron chi connectivity index (χ1n) is 4.50. The van der Waals surface area contributed by atoms with Crippen LogP contribution in [-0.2, 0) is 9.53 Å². The van der Waals surface area contributed by atoms with Crippen LogP contribution in [0.2, 0.25) is 0 Å². The Labute approximate surface area is 85.2 Å². The Hall–Kier alpha value is -1.29. The van der Waals surface area contributed by atoms with Crippen molar-refractivity contribution in [3.63, 3.8) is 0 Å². The van der Waals surface area contributed by atoms with Gasteiger partial charge in [0.15, 0.2) is 0 Å². The molecule has 0 unspecified atom stereocenters. The van der Waals surface area contributed by atoms with Crippen molar-refractivity contribution in [3.05, 3.63) is 25.0 Å². The van der Waals surface area contributed by atoms with E-state index in [-0.39, 0.29) is 5.91 Å². The molecular formula is C10H18N2O2. The van der Waals surface area contributed by atoms with E-state index in [1.165, 1.54) is 12.3 Å². The van der Waals surface area contributed by atoms with Crippen LogP contribution in [0.1, 0.15) is 0 Å². The average Bonchev–Trinajstić information content (AvgIpc) is 2.18. The van der Waals surface area contributed by atoms with Crippen molar-refractivity contribution >= 4 is 5.91 Å². The molecule has 0 aromatic rings. The van der Waals surface area contributed by atoms with E-state index in [1.54, 1.807) is 7.05 Å². The minimum Gasteiger partial charge on any atom is -0.500 e. The van der Waals surface area contributed by atoms with Gasteiger partial charge in [0.25, 0.3) is 0 Å². The van der Waals surface area contributed by atoms with Crippen molar-refractivity contribution in [3.8, 4) is 0 Å². The van der Waals surface area contributed by atoms with Crippen molar-refractivity contribution in [2.24, 2.45) is 0 Å². The Morgan fingerprint density at radius 1 is 1.64 bits per heavy atom. The molecule has 0 fully saturated rings. The SMILES string of the molecule is C=COCCN(C)C/C=C/C(=O)NC. The summed E-state index contributed by atoms with van der Waals surface area (Å²) in [5.74, 6) is -0.0826. The van der Waals surface area contributed by atoms with Crippen molar-refractivity contribution < 1.29 is 9.53 Å². The van der Waals surface area contributed by atoms with Crippen LogP contribution in [0.4, 0.5) is 0 Å². The number of likely N-dealkylation sites (N-methyl/N-ethyl adjacent to an activating group) is 2. The van der Waals surface area contributed by atoms with Crippen molar-refractivity contribution in [2.75, 3.05) is 33.8 Å². The highest BCUT2D eigenvalue weighted by atomic mass is 16.5. The zero-order valence-corrected chi connectivity index (χ0v) is 8.82. The zero-order chi connectivity index (χ0) is 10.8. The summed E-state index contributed by atoms with van der Waals surface area (Å²) >= 11 is 0. The maximum atomic E-state index is 10.8. The summed E-state index contributed by atoms with van der Waals surface area (Å²) < 4.78 is 4.97. The Kier molecular flexibility index (Phi) is 7.55. The Morgan fingerprint density at radius 2 is 2.36 bits per heavy atom. The second kappa shape index (κ2) is 8.31. The molecule has 0 saturated carbocycles. The van der Waals surface area contributed by atoms with Gasteiger partial charge >= 0.3 is 0 Å². The third-order valence-electron chi connectivity index (χ3n) is 1.64. The van der Waals surface area contributed by atoms with Gasteiger partial charge in [-0.05, 0) is 7.05 Å². The number of hydrogen-bond donors (Lipinski definition) is 1. The van der Waals surface area contributed by atoms with Gasteiger partial charge in [-0.3, -0.25) is 9.69 Å². The topological polar surface area (TPSA) is 41.6 Å². The Balaban J connectivity index is 3.52. The number of amides is 1. The van der Waals surface area contributed by atoms with Crippen LogP contribution in [0.25, 0.3) is 0 Å². The second-order valence-corrected chi connectivity index (χ2v) is 2.82. The minimum atomic E-state index is -0.0826. The standard InChI is InChI=1S/C10H18N2O2/c1-4-14-9-8-12(3)7-5-6-10(13)11-2/h4-6H,1,7-9H2,2-3H3,(H,11,13)/b6-5+. The molecule has 1 amide bonds. The van der Waals surface area contributed by atoms with E-state index in [9.17, 15) is 4.79 Å². The molecule has 0 atom stereocenters. The fourth-order valence-corrected chi connectivity index (χ4v) is 0.806. The smallest absolute Gasteiger partial charge is 0.243 e. The molecule has 0 rings (SSSR count). The molecule has 1 N–H and O–H groups in total. The van der Waals surface area contributed by atoms with Gasteiger partial charge in [-0.2, -0.15) is 0 Å². The monoisotopic (exact) mass is 198 g/mol. The van der Waals surface area contributed by atoms with Crippen LogP contribution in [-0.4, -0.2) is 44.6 Å². The first kappa shape index (κ1) is 12.7. The molecule has 0 aromatic carbocycles. The first-order valence-corrected chi connectivity index (χ1v) is 4.50. The van der Waals surface area contributed by atoms with Gasteiger partial charge in [-0.25, -0.2) is 0 Å². The average molecular weight is 198 g/mol. The number of ether oxygens (including phenoxy) is 1. The molecule has 0 aliphatic heterocycles. The van der Waals surface area contributed by atoms with Gasteiger partial charge in [0, 0.05) is 26.2 Å². The summed E-state index contributed by atoms with van der Waals surface area (Å²) in [6.07, 6.45) is 4.76. The van der Waals surface area contributed by atoms with Crippen molar-refractivity contribution in [1.29, 1.82) is 0 Å².